The quantitative estimate of drug-likeness (QED) is 0.835. The van der Waals surface area contributed by atoms with Crippen LogP contribution in [0.2, 0.25) is 0 Å². The summed E-state index contributed by atoms with van der Waals surface area (Å²) >= 11 is 0. The predicted octanol–water partition coefficient (Wildman–Crippen LogP) is 2.61. The summed E-state index contributed by atoms with van der Waals surface area (Å²) in [7, 11) is 2.16. The van der Waals surface area contributed by atoms with Crippen LogP contribution in [0.25, 0.3) is 0 Å². The fraction of sp³-hybridized carbons (Fsp3) is 0.933. The Balaban J connectivity index is 1.72. The van der Waals surface area contributed by atoms with Gasteiger partial charge in [-0.3, -0.25) is 9.69 Å². The Morgan fingerprint density at radius 2 is 1.67 bits per heavy atom. The van der Waals surface area contributed by atoms with Gasteiger partial charge in [-0.05, 0) is 63.3 Å². The van der Waals surface area contributed by atoms with Gasteiger partial charge in [-0.25, -0.2) is 0 Å². The van der Waals surface area contributed by atoms with Gasteiger partial charge in [0.1, 0.15) is 0 Å². The summed E-state index contributed by atoms with van der Waals surface area (Å²) in [5.41, 5.74) is 0.346. The van der Waals surface area contributed by atoms with Crippen LogP contribution in [-0.4, -0.2) is 35.1 Å². The summed E-state index contributed by atoms with van der Waals surface area (Å²) in [6, 6.07) is 0. The van der Waals surface area contributed by atoms with Gasteiger partial charge < -0.3 is 5.11 Å². The molecule has 4 aliphatic carbocycles. The molecular weight excluding hydrogens is 226 g/mol. The van der Waals surface area contributed by atoms with Crippen LogP contribution in [0.3, 0.4) is 0 Å². The standard InChI is InChI=1S/C15H25NO2/c1-10(14(17)18)9-16(2)15-6-11-3-12(7-15)5-13(4-11)8-15/h10-13H,3-9H2,1-2H3,(H,17,18). The van der Waals surface area contributed by atoms with E-state index < -0.39 is 5.97 Å². The second-order valence-corrected chi connectivity index (χ2v) is 7.26. The first kappa shape index (κ1) is 12.5. The zero-order valence-electron chi connectivity index (χ0n) is 11.6. The molecule has 0 aromatic heterocycles. The second-order valence-electron chi connectivity index (χ2n) is 7.26. The SMILES string of the molecule is CC(CN(C)C12CC3CC(CC(C3)C1)C2)C(=O)O. The summed E-state index contributed by atoms with van der Waals surface area (Å²) in [5.74, 6) is 1.88. The fourth-order valence-electron chi connectivity index (χ4n) is 5.21. The van der Waals surface area contributed by atoms with Crippen LogP contribution in [0.1, 0.15) is 45.4 Å². The highest BCUT2D eigenvalue weighted by Crippen LogP contribution is 2.57. The Hall–Kier alpha value is -0.570. The van der Waals surface area contributed by atoms with Gasteiger partial charge in [0.05, 0.1) is 5.92 Å². The number of hydrogen-bond acceptors (Lipinski definition) is 2. The molecule has 0 aromatic carbocycles. The van der Waals surface area contributed by atoms with E-state index in [-0.39, 0.29) is 5.92 Å². The van der Waals surface area contributed by atoms with E-state index in [0.717, 1.165) is 17.8 Å². The Labute approximate surface area is 110 Å². The van der Waals surface area contributed by atoms with E-state index in [1.807, 2.05) is 6.92 Å². The molecule has 0 aliphatic heterocycles. The number of carboxylic acid groups (broad SMARTS) is 1. The molecule has 4 bridgehead atoms. The van der Waals surface area contributed by atoms with Crippen molar-refractivity contribution in [2.24, 2.45) is 23.7 Å². The zero-order chi connectivity index (χ0) is 12.9. The zero-order valence-corrected chi connectivity index (χ0v) is 11.6. The number of carbonyl (C=O) groups is 1. The third-order valence-electron chi connectivity index (χ3n) is 5.78. The third kappa shape index (κ3) is 1.97. The molecule has 102 valence electrons. The first-order valence-corrected chi connectivity index (χ1v) is 7.42. The lowest BCUT2D eigenvalue weighted by atomic mass is 9.52. The van der Waals surface area contributed by atoms with Gasteiger partial charge in [-0.1, -0.05) is 6.92 Å². The normalized spacial score (nSPS) is 43.4. The topological polar surface area (TPSA) is 40.5 Å². The van der Waals surface area contributed by atoms with E-state index in [1.54, 1.807) is 0 Å². The average Bonchev–Trinajstić information content (AvgIpc) is 2.26. The van der Waals surface area contributed by atoms with Crippen molar-refractivity contribution in [3.63, 3.8) is 0 Å². The van der Waals surface area contributed by atoms with E-state index in [4.69, 9.17) is 5.11 Å². The fourth-order valence-corrected chi connectivity index (χ4v) is 5.21. The molecule has 4 rings (SSSR count). The van der Waals surface area contributed by atoms with Crippen LogP contribution in [-0.2, 0) is 4.79 Å². The minimum atomic E-state index is -0.661. The predicted molar refractivity (Wildman–Crippen MR) is 70.3 cm³/mol. The minimum Gasteiger partial charge on any atom is -0.481 e. The summed E-state index contributed by atoms with van der Waals surface area (Å²) in [6.07, 6.45) is 8.30. The lowest BCUT2D eigenvalue weighted by molar-refractivity contribution is -0.143. The lowest BCUT2D eigenvalue weighted by Crippen LogP contribution is -2.59. The maximum Gasteiger partial charge on any atom is 0.307 e. The summed E-state index contributed by atoms with van der Waals surface area (Å²) < 4.78 is 0. The highest BCUT2D eigenvalue weighted by atomic mass is 16.4. The Morgan fingerprint density at radius 3 is 2.06 bits per heavy atom. The van der Waals surface area contributed by atoms with E-state index in [9.17, 15) is 4.79 Å². The maximum atomic E-state index is 11.0. The smallest absolute Gasteiger partial charge is 0.307 e. The van der Waals surface area contributed by atoms with E-state index >= 15 is 0 Å². The van der Waals surface area contributed by atoms with Gasteiger partial charge in [-0.15, -0.1) is 0 Å². The molecule has 18 heavy (non-hydrogen) atoms. The molecule has 3 nitrogen and oxygen atoms in total. The maximum absolute atomic E-state index is 11.0. The van der Waals surface area contributed by atoms with Crippen molar-refractivity contribution in [2.45, 2.75) is 51.0 Å². The molecule has 4 aliphatic rings. The molecule has 1 N–H and O–H groups in total. The molecule has 0 amide bonds. The third-order valence-corrected chi connectivity index (χ3v) is 5.78. The molecule has 0 radical (unpaired) electrons. The van der Waals surface area contributed by atoms with Crippen molar-refractivity contribution < 1.29 is 9.90 Å². The Bertz CT molecular complexity index is 317. The Morgan fingerprint density at radius 1 is 1.22 bits per heavy atom. The van der Waals surface area contributed by atoms with Crippen molar-refractivity contribution in [2.75, 3.05) is 13.6 Å². The lowest BCUT2D eigenvalue weighted by Gasteiger charge is -2.60. The van der Waals surface area contributed by atoms with Crippen molar-refractivity contribution in [3.05, 3.63) is 0 Å². The summed E-state index contributed by atoms with van der Waals surface area (Å²) in [5, 5.41) is 9.09. The molecule has 0 heterocycles. The average molecular weight is 251 g/mol. The largest absolute Gasteiger partial charge is 0.481 e. The van der Waals surface area contributed by atoms with Crippen molar-refractivity contribution in [1.29, 1.82) is 0 Å². The van der Waals surface area contributed by atoms with Gasteiger partial charge in [0.2, 0.25) is 0 Å². The van der Waals surface area contributed by atoms with Gasteiger partial charge in [0.25, 0.3) is 0 Å². The highest BCUT2D eigenvalue weighted by Gasteiger charge is 2.52. The number of carboxylic acids is 1. The molecule has 3 heteroatoms. The Kier molecular flexibility index (Phi) is 2.92. The van der Waals surface area contributed by atoms with E-state index in [0.29, 0.717) is 12.1 Å². The van der Waals surface area contributed by atoms with Gasteiger partial charge in [-0.2, -0.15) is 0 Å². The molecule has 0 saturated heterocycles. The first-order chi connectivity index (χ1) is 8.48. The first-order valence-electron chi connectivity index (χ1n) is 7.42. The number of hydrogen-bond donors (Lipinski definition) is 1. The summed E-state index contributed by atoms with van der Waals surface area (Å²) in [4.78, 5) is 13.4. The van der Waals surface area contributed by atoms with Crippen LogP contribution in [0.5, 0.6) is 0 Å². The monoisotopic (exact) mass is 251 g/mol. The van der Waals surface area contributed by atoms with Gasteiger partial charge >= 0.3 is 5.97 Å². The molecule has 1 unspecified atom stereocenters. The highest BCUT2D eigenvalue weighted by molar-refractivity contribution is 5.69. The van der Waals surface area contributed by atoms with Gasteiger partial charge in [0.15, 0.2) is 0 Å². The van der Waals surface area contributed by atoms with Crippen LogP contribution in [0.15, 0.2) is 0 Å². The number of rotatable bonds is 4. The second kappa shape index (κ2) is 4.22. The molecule has 4 fully saturated rings. The van der Waals surface area contributed by atoms with E-state index in [2.05, 4.69) is 11.9 Å². The molecule has 0 spiro atoms. The van der Waals surface area contributed by atoms with Crippen LogP contribution in [0.4, 0.5) is 0 Å². The molecule has 4 saturated carbocycles. The van der Waals surface area contributed by atoms with Crippen molar-refractivity contribution >= 4 is 5.97 Å². The van der Waals surface area contributed by atoms with Crippen LogP contribution < -0.4 is 0 Å². The van der Waals surface area contributed by atoms with Crippen molar-refractivity contribution in [3.8, 4) is 0 Å². The number of aliphatic carboxylic acids is 1. The van der Waals surface area contributed by atoms with Gasteiger partial charge in [0, 0.05) is 12.1 Å². The summed E-state index contributed by atoms with van der Waals surface area (Å²) in [6.45, 7) is 2.54. The van der Waals surface area contributed by atoms with Crippen molar-refractivity contribution in [1.82, 2.24) is 4.90 Å². The molecule has 1 atom stereocenters. The minimum absolute atomic E-state index is 0.247. The molecule has 0 aromatic rings. The number of nitrogens with zero attached hydrogens (tertiary/aromatic N) is 1. The van der Waals surface area contributed by atoms with E-state index in [1.165, 1.54) is 38.5 Å². The molecular formula is C15H25NO2. The van der Waals surface area contributed by atoms with Crippen LogP contribution in [0, 0.1) is 23.7 Å². The van der Waals surface area contributed by atoms with Crippen LogP contribution >= 0.6 is 0 Å².